The number of carbonyl (C=O) groups is 2. The van der Waals surface area contributed by atoms with E-state index in [1.165, 1.54) is 4.90 Å². The molecule has 0 aliphatic rings. The van der Waals surface area contributed by atoms with Gasteiger partial charge in [-0.15, -0.1) is 13.2 Å². The highest BCUT2D eigenvalue weighted by atomic mass is 16.2. The van der Waals surface area contributed by atoms with Gasteiger partial charge in [0.25, 0.3) is 0 Å². The van der Waals surface area contributed by atoms with E-state index in [1.807, 2.05) is 30.3 Å². The van der Waals surface area contributed by atoms with Crippen LogP contribution in [0.4, 0.5) is 0 Å². The predicted molar refractivity (Wildman–Crippen MR) is 80.1 cm³/mol. The van der Waals surface area contributed by atoms with Crippen LogP contribution in [-0.2, 0) is 16.0 Å². The van der Waals surface area contributed by atoms with Crippen molar-refractivity contribution in [3.8, 4) is 0 Å². The van der Waals surface area contributed by atoms with Gasteiger partial charge in [0.15, 0.2) is 0 Å². The van der Waals surface area contributed by atoms with Crippen LogP contribution >= 0.6 is 0 Å². The summed E-state index contributed by atoms with van der Waals surface area (Å²) in [6.45, 7) is 8.23. The van der Waals surface area contributed by atoms with Gasteiger partial charge in [0.2, 0.25) is 0 Å². The number of rotatable bonds is 7. The summed E-state index contributed by atoms with van der Waals surface area (Å²) in [6.07, 6.45) is 3.86. The molecule has 2 amide bonds. The zero-order valence-electron chi connectivity index (χ0n) is 11.5. The molecule has 0 fully saturated rings. The lowest BCUT2D eigenvalue weighted by molar-refractivity contribution is -0.145. The quantitative estimate of drug-likeness (QED) is 0.605. The fraction of sp³-hybridized carbons (Fsp3) is 0.250. The number of nitrogens with zero attached hydrogens (tertiary/aromatic N) is 1. The second-order valence-corrected chi connectivity index (χ2v) is 4.28. The average molecular weight is 272 g/mol. The first-order valence-corrected chi connectivity index (χ1v) is 6.52. The molecule has 20 heavy (non-hydrogen) atoms. The zero-order chi connectivity index (χ0) is 14.8. The summed E-state index contributed by atoms with van der Waals surface area (Å²) in [6, 6.07) is 9.79. The first-order valence-electron chi connectivity index (χ1n) is 6.52. The van der Waals surface area contributed by atoms with Crippen molar-refractivity contribution in [1.29, 1.82) is 0 Å². The summed E-state index contributed by atoms with van der Waals surface area (Å²) >= 11 is 0. The Labute approximate surface area is 119 Å². The van der Waals surface area contributed by atoms with E-state index in [1.54, 1.807) is 12.2 Å². The van der Waals surface area contributed by atoms with Crippen LogP contribution in [0.15, 0.2) is 55.6 Å². The molecule has 1 aromatic rings. The van der Waals surface area contributed by atoms with Gasteiger partial charge in [0, 0.05) is 19.6 Å². The summed E-state index contributed by atoms with van der Waals surface area (Å²) in [5, 5.41) is 2.63. The molecule has 0 unspecified atom stereocenters. The molecule has 0 radical (unpaired) electrons. The minimum atomic E-state index is -0.593. The van der Waals surface area contributed by atoms with Crippen molar-refractivity contribution in [3.05, 3.63) is 61.2 Å². The SMILES string of the molecule is C=CCN(CC=C)C(=O)C(=O)NCCc1ccccc1. The Morgan fingerprint density at radius 2 is 1.70 bits per heavy atom. The van der Waals surface area contributed by atoms with Crippen molar-refractivity contribution in [2.75, 3.05) is 19.6 Å². The molecular formula is C16H20N2O2. The highest BCUT2D eigenvalue weighted by molar-refractivity contribution is 6.35. The van der Waals surface area contributed by atoms with Gasteiger partial charge in [-0.25, -0.2) is 0 Å². The van der Waals surface area contributed by atoms with Gasteiger partial charge in [-0.1, -0.05) is 42.5 Å². The summed E-state index contributed by atoms with van der Waals surface area (Å²) in [4.78, 5) is 25.0. The van der Waals surface area contributed by atoms with Crippen LogP contribution < -0.4 is 5.32 Å². The average Bonchev–Trinajstić information content (AvgIpc) is 2.47. The van der Waals surface area contributed by atoms with Crippen LogP contribution in [0.3, 0.4) is 0 Å². The minimum Gasteiger partial charge on any atom is -0.347 e. The van der Waals surface area contributed by atoms with Gasteiger partial charge in [-0.2, -0.15) is 0 Å². The Kier molecular flexibility index (Phi) is 6.82. The maximum atomic E-state index is 11.9. The molecule has 106 valence electrons. The van der Waals surface area contributed by atoms with Crippen LogP contribution in [0.1, 0.15) is 5.56 Å². The lowest BCUT2D eigenvalue weighted by Crippen LogP contribution is -2.43. The third-order valence-corrected chi connectivity index (χ3v) is 2.72. The van der Waals surface area contributed by atoms with Crippen molar-refractivity contribution < 1.29 is 9.59 Å². The molecule has 0 atom stereocenters. The number of carbonyl (C=O) groups excluding carboxylic acids is 2. The summed E-state index contributed by atoms with van der Waals surface area (Å²) in [5.74, 6) is -1.15. The molecule has 0 spiro atoms. The minimum absolute atomic E-state index is 0.330. The Hall–Kier alpha value is -2.36. The maximum Gasteiger partial charge on any atom is 0.312 e. The Bertz CT molecular complexity index is 459. The first kappa shape index (κ1) is 15.7. The molecule has 1 aromatic carbocycles. The second-order valence-electron chi connectivity index (χ2n) is 4.28. The fourth-order valence-corrected chi connectivity index (χ4v) is 1.74. The van der Waals surface area contributed by atoms with E-state index < -0.39 is 11.8 Å². The Morgan fingerprint density at radius 3 is 2.25 bits per heavy atom. The second kappa shape index (κ2) is 8.69. The molecule has 0 aliphatic carbocycles. The summed E-state index contributed by atoms with van der Waals surface area (Å²) in [7, 11) is 0. The molecule has 0 saturated heterocycles. The number of benzene rings is 1. The molecule has 0 saturated carbocycles. The zero-order valence-corrected chi connectivity index (χ0v) is 11.5. The van der Waals surface area contributed by atoms with Crippen molar-refractivity contribution in [3.63, 3.8) is 0 Å². The number of hydrogen-bond acceptors (Lipinski definition) is 2. The monoisotopic (exact) mass is 272 g/mol. The van der Waals surface area contributed by atoms with Gasteiger partial charge in [-0.3, -0.25) is 9.59 Å². The van der Waals surface area contributed by atoms with E-state index in [4.69, 9.17) is 0 Å². The van der Waals surface area contributed by atoms with E-state index in [2.05, 4.69) is 18.5 Å². The molecule has 4 heteroatoms. The summed E-state index contributed by atoms with van der Waals surface area (Å²) < 4.78 is 0. The largest absolute Gasteiger partial charge is 0.347 e. The van der Waals surface area contributed by atoms with E-state index in [0.717, 1.165) is 5.56 Å². The standard InChI is InChI=1S/C16H20N2O2/c1-3-12-18(13-4-2)16(20)15(19)17-11-10-14-8-6-5-7-9-14/h3-9H,1-2,10-13H2,(H,17,19). The predicted octanol–water partition coefficient (Wildman–Crippen LogP) is 1.55. The van der Waals surface area contributed by atoms with Crippen molar-refractivity contribution in [1.82, 2.24) is 10.2 Å². The number of amides is 2. The van der Waals surface area contributed by atoms with Gasteiger partial charge < -0.3 is 10.2 Å². The normalized spacial score (nSPS) is 9.60. The molecular weight excluding hydrogens is 252 g/mol. The molecule has 4 nitrogen and oxygen atoms in total. The lowest BCUT2D eigenvalue weighted by atomic mass is 10.1. The molecule has 0 aromatic heterocycles. The van der Waals surface area contributed by atoms with Gasteiger partial charge in [0.05, 0.1) is 0 Å². The molecule has 1 rings (SSSR count). The van der Waals surface area contributed by atoms with E-state index in [-0.39, 0.29) is 0 Å². The van der Waals surface area contributed by atoms with Crippen LogP contribution in [0.5, 0.6) is 0 Å². The van der Waals surface area contributed by atoms with Crippen molar-refractivity contribution in [2.45, 2.75) is 6.42 Å². The van der Waals surface area contributed by atoms with Crippen LogP contribution in [0.2, 0.25) is 0 Å². The van der Waals surface area contributed by atoms with Crippen molar-refractivity contribution >= 4 is 11.8 Å². The summed E-state index contributed by atoms with van der Waals surface area (Å²) in [5.41, 5.74) is 1.12. The van der Waals surface area contributed by atoms with Crippen LogP contribution in [0, 0.1) is 0 Å². The smallest absolute Gasteiger partial charge is 0.312 e. The van der Waals surface area contributed by atoms with Crippen LogP contribution in [0.25, 0.3) is 0 Å². The number of nitrogens with one attached hydrogen (secondary N) is 1. The highest BCUT2D eigenvalue weighted by Gasteiger charge is 2.19. The molecule has 1 N–H and O–H groups in total. The lowest BCUT2D eigenvalue weighted by Gasteiger charge is -2.18. The first-order chi connectivity index (χ1) is 9.69. The third-order valence-electron chi connectivity index (χ3n) is 2.72. The van der Waals surface area contributed by atoms with E-state index >= 15 is 0 Å². The molecule has 0 heterocycles. The fourth-order valence-electron chi connectivity index (χ4n) is 1.74. The Balaban J connectivity index is 2.42. The molecule has 0 bridgehead atoms. The highest BCUT2D eigenvalue weighted by Crippen LogP contribution is 1.98. The maximum absolute atomic E-state index is 11.9. The van der Waals surface area contributed by atoms with Crippen molar-refractivity contribution in [2.24, 2.45) is 0 Å². The van der Waals surface area contributed by atoms with Gasteiger partial charge in [-0.05, 0) is 12.0 Å². The topological polar surface area (TPSA) is 49.4 Å². The van der Waals surface area contributed by atoms with E-state index in [0.29, 0.717) is 26.1 Å². The third kappa shape index (κ3) is 5.10. The van der Waals surface area contributed by atoms with E-state index in [9.17, 15) is 9.59 Å². The molecule has 0 aliphatic heterocycles. The van der Waals surface area contributed by atoms with Crippen LogP contribution in [-0.4, -0.2) is 36.3 Å². The van der Waals surface area contributed by atoms with Gasteiger partial charge >= 0.3 is 11.8 Å². The Morgan fingerprint density at radius 1 is 1.10 bits per heavy atom. The van der Waals surface area contributed by atoms with Gasteiger partial charge in [0.1, 0.15) is 0 Å². The number of hydrogen-bond donors (Lipinski definition) is 1.